The molecule has 1 aromatic carbocycles. The average Bonchev–Trinajstić information content (AvgIpc) is 3.00. The van der Waals surface area contributed by atoms with Crippen LogP contribution in [-0.4, -0.2) is 31.9 Å². The van der Waals surface area contributed by atoms with Gasteiger partial charge in [-0.2, -0.15) is 5.10 Å². The number of aliphatic hydroxyl groups is 1. The number of aliphatic hydroxyl groups excluding tert-OH is 1. The van der Waals surface area contributed by atoms with Crippen LogP contribution in [0.1, 0.15) is 31.2 Å². The number of fused-ring (bicyclic) bond motifs is 1. The largest absolute Gasteiger partial charge is 0.393 e. The van der Waals surface area contributed by atoms with E-state index < -0.39 is 0 Å². The van der Waals surface area contributed by atoms with Crippen LogP contribution in [0.15, 0.2) is 42.7 Å². The molecule has 124 valence electrons. The molecule has 5 heteroatoms. The summed E-state index contributed by atoms with van der Waals surface area (Å²) in [6.45, 7) is 2.09. The van der Waals surface area contributed by atoms with Crippen molar-refractivity contribution >= 4 is 11.5 Å². The van der Waals surface area contributed by atoms with Crippen LogP contribution < -0.4 is 5.32 Å². The van der Waals surface area contributed by atoms with Gasteiger partial charge in [0.15, 0.2) is 5.65 Å². The first-order valence-corrected chi connectivity index (χ1v) is 8.55. The van der Waals surface area contributed by atoms with Crippen LogP contribution in [-0.2, 0) is 0 Å². The Morgan fingerprint density at radius 2 is 2.00 bits per heavy atom. The van der Waals surface area contributed by atoms with Crippen molar-refractivity contribution in [2.45, 2.75) is 44.8 Å². The van der Waals surface area contributed by atoms with Gasteiger partial charge >= 0.3 is 0 Å². The molecule has 0 saturated heterocycles. The Bertz CT molecular complexity index is 849. The smallest absolute Gasteiger partial charge is 0.165 e. The van der Waals surface area contributed by atoms with Crippen molar-refractivity contribution in [1.29, 1.82) is 0 Å². The maximum absolute atomic E-state index is 9.64. The SMILES string of the molecule is Cc1cccc(-c2cnn3ccc(NC4CCC(O)CC4)nc23)c1. The van der Waals surface area contributed by atoms with Crippen LogP contribution in [0.4, 0.5) is 5.82 Å². The van der Waals surface area contributed by atoms with Crippen LogP contribution >= 0.6 is 0 Å². The molecule has 2 N–H and O–H groups in total. The maximum Gasteiger partial charge on any atom is 0.165 e. The third-order valence-corrected chi connectivity index (χ3v) is 4.75. The lowest BCUT2D eigenvalue weighted by Crippen LogP contribution is -2.28. The predicted octanol–water partition coefficient (Wildman–Crippen LogP) is 3.42. The summed E-state index contributed by atoms with van der Waals surface area (Å²) in [5.74, 6) is 0.873. The predicted molar refractivity (Wildman–Crippen MR) is 95.0 cm³/mol. The summed E-state index contributed by atoms with van der Waals surface area (Å²) >= 11 is 0. The highest BCUT2D eigenvalue weighted by molar-refractivity contribution is 5.78. The summed E-state index contributed by atoms with van der Waals surface area (Å²) in [6, 6.07) is 10.7. The molecule has 5 nitrogen and oxygen atoms in total. The number of benzene rings is 1. The summed E-state index contributed by atoms with van der Waals surface area (Å²) in [7, 11) is 0. The molecule has 3 aromatic rings. The lowest BCUT2D eigenvalue weighted by Gasteiger charge is -2.26. The first-order valence-electron chi connectivity index (χ1n) is 8.55. The molecule has 0 amide bonds. The Labute approximate surface area is 141 Å². The molecule has 0 atom stereocenters. The molecule has 0 unspecified atom stereocenters. The highest BCUT2D eigenvalue weighted by atomic mass is 16.3. The second kappa shape index (κ2) is 6.24. The van der Waals surface area contributed by atoms with E-state index >= 15 is 0 Å². The Hall–Kier alpha value is -2.40. The van der Waals surface area contributed by atoms with E-state index in [1.54, 1.807) is 0 Å². The lowest BCUT2D eigenvalue weighted by atomic mass is 9.93. The molecular weight excluding hydrogens is 300 g/mol. The van der Waals surface area contributed by atoms with Crippen LogP contribution in [0.25, 0.3) is 16.8 Å². The number of rotatable bonds is 3. The lowest BCUT2D eigenvalue weighted by molar-refractivity contribution is 0.126. The minimum absolute atomic E-state index is 0.138. The molecule has 4 rings (SSSR count). The minimum atomic E-state index is -0.138. The van der Waals surface area contributed by atoms with Crippen molar-refractivity contribution in [3.05, 3.63) is 48.3 Å². The summed E-state index contributed by atoms with van der Waals surface area (Å²) < 4.78 is 1.81. The zero-order chi connectivity index (χ0) is 16.5. The van der Waals surface area contributed by atoms with Crippen molar-refractivity contribution in [2.24, 2.45) is 0 Å². The van der Waals surface area contributed by atoms with Gasteiger partial charge in [-0.1, -0.05) is 29.8 Å². The summed E-state index contributed by atoms with van der Waals surface area (Å²) in [5.41, 5.74) is 4.26. The Kier molecular flexibility index (Phi) is 3.94. The van der Waals surface area contributed by atoms with Crippen LogP contribution in [0.3, 0.4) is 0 Å². The molecule has 1 fully saturated rings. The standard InChI is InChI=1S/C19H22N4O/c1-13-3-2-4-14(11-13)17-12-20-23-10-9-18(22-19(17)23)21-15-5-7-16(24)8-6-15/h2-4,9-12,15-16,24H,5-8H2,1H3,(H,21,22). The fourth-order valence-electron chi connectivity index (χ4n) is 3.39. The van der Waals surface area contributed by atoms with Gasteiger partial charge in [0.2, 0.25) is 0 Å². The number of aromatic nitrogens is 3. The number of nitrogens with zero attached hydrogens (tertiary/aromatic N) is 3. The van der Waals surface area contributed by atoms with E-state index in [1.165, 1.54) is 5.56 Å². The first kappa shape index (κ1) is 15.1. The number of hydrogen-bond donors (Lipinski definition) is 2. The maximum atomic E-state index is 9.64. The van der Waals surface area contributed by atoms with Gasteiger partial charge in [-0.15, -0.1) is 0 Å². The van der Waals surface area contributed by atoms with Crippen molar-refractivity contribution in [2.75, 3.05) is 5.32 Å². The molecule has 1 aliphatic rings. The van der Waals surface area contributed by atoms with Gasteiger partial charge in [0.05, 0.1) is 12.3 Å². The summed E-state index contributed by atoms with van der Waals surface area (Å²) in [4.78, 5) is 4.78. The van der Waals surface area contributed by atoms with Crippen molar-refractivity contribution in [3.63, 3.8) is 0 Å². The molecular formula is C19H22N4O. The van der Waals surface area contributed by atoms with Gasteiger partial charge in [0.25, 0.3) is 0 Å². The molecule has 2 heterocycles. The van der Waals surface area contributed by atoms with E-state index in [9.17, 15) is 5.11 Å². The van der Waals surface area contributed by atoms with E-state index in [4.69, 9.17) is 4.98 Å². The van der Waals surface area contributed by atoms with Crippen molar-refractivity contribution in [3.8, 4) is 11.1 Å². The van der Waals surface area contributed by atoms with Gasteiger partial charge in [-0.05, 0) is 44.2 Å². The van der Waals surface area contributed by atoms with Crippen LogP contribution in [0.5, 0.6) is 0 Å². The van der Waals surface area contributed by atoms with Crippen LogP contribution in [0, 0.1) is 6.92 Å². The topological polar surface area (TPSA) is 62.5 Å². The summed E-state index contributed by atoms with van der Waals surface area (Å²) in [6.07, 6.45) is 7.37. The van der Waals surface area contributed by atoms with Crippen LogP contribution in [0.2, 0.25) is 0 Å². The zero-order valence-electron chi connectivity index (χ0n) is 13.8. The Balaban J connectivity index is 1.63. The highest BCUT2D eigenvalue weighted by Gasteiger charge is 2.19. The first-order chi connectivity index (χ1) is 11.7. The number of nitrogens with one attached hydrogen (secondary N) is 1. The van der Waals surface area contributed by atoms with Gasteiger partial charge in [0, 0.05) is 17.8 Å². The zero-order valence-corrected chi connectivity index (χ0v) is 13.8. The summed E-state index contributed by atoms with van der Waals surface area (Å²) in [5, 5.41) is 17.6. The second-order valence-corrected chi connectivity index (χ2v) is 6.66. The molecule has 24 heavy (non-hydrogen) atoms. The van der Waals surface area contributed by atoms with E-state index in [1.807, 2.05) is 23.0 Å². The van der Waals surface area contributed by atoms with Crippen molar-refractivity contribution in [1.82, 2.24) is 14.6 Å². The fraction of sp³-hybridized carbons (Fsp3) is 0.368. The Morgan fingerprint density at radius 1 is 1.17 bits per heavy atom. The highest BCUT2D eigenvalue weighted by Crippen LogP contribution is 2.26. The Morgan fingerprint density at radius 3 is 2.79 bits per heavy atom. The number of aryl methyl sites for hydroxylation is 1. The van der Waals surface area contributed by atoms with Gasteiger partial charge in [0.1, 0.15) is 5.82 Å². The third kappa shape index (κ3) is 2.99. The quantitative estimate of drug-likeness (QED) is 0.775. The molecule has 1 aliphatic carbocycles. The number of anilines is 1. The molecule has 0 radical (unpaired) electrons. The average molecular weight is 322 g/mol. The third-order valence-electron chi connectivity index (χ3n) is 4.75. The monoisotopic (exact) mass is 322 g/mol. The van der Waals surface area contributed by atoms with Gasteiger partial charge in [-0.3, -0.25) is 0 Å². The van der Waals surface area contributed by atoms with Gasteiger partial charge in [-0.25, -0.2) is 9.50 Å². The van der Waals surface area contributed by atoms with Gasteiger partial charge < -0.3 is 10.4 Å². The normalized spacial score (nSPS) is 21.1. The van der Waals surface area contributed by atoms with E-state index in [0.29, 0.717) is 6.04 Å². The van der Waals surface area contributed by atoms with Crippen molar-refractivity contribution < 1.29 is 5.11 Å². The van der Waals surface area contributed by atoms with E-state index in [0.717, 1.165) is 48.3 Å². The molecule has 0 bridgehead atoms. The van der Waals surface area contributed by atoms with E-state index in [-0.39, 0.29) is 6.10 Å². The van der Waals surface area contributed by atoms with E-state index in [2.05, 4.69) is 41.6 Å². The minimum Gasteiger partial charge on any atom is -0.393 e. The second-order valence-electron chi connectivity index (χ2n) is 6.66. The molecule has 1 saturated carbocycles. The fourth-order valence-corrected chi connectivity index (χ4v) is 3.39. The molecule has 0 spiro atoms. The molecule has 2 aromatic heterocycles. The number of hydrogen-bond acceptors (Lipinski definition) is 4. The molecule has 0 aliphatic heterocycles.